The van der Waals surface area contributed by atoms with E-state index < -0.39 is 0 Å². The van der Waals surface area contributed by atoms with Crippen LogP contribution in [0.1, 0.15) is 12.6 Å². The molecule has 0 saturated carbocycles. The lowest BCUT2D eigenvalue weighted by molar-refractivity contribution is -0.118. The molecule has 0 bridgehead atoms. The fourth-order valence-corrected chi connectivity index (χ4v) is 3.31. The molecule has 0 fully saturated rings. The van der Waals surface area contributed by atoms with E-state index in [4.69, 9.17) is 0 Å². The van der Waals surface area contributed by atoms with Crippen molar-refractivity contribution in [2.45, 2.75) is 18.7 Å². The van der Waals surface area contributed by atoms with Gasteiger partial charge in [-0.25, -0.2) is 9.97 Å². The largest absolute Gasteiger partial charge is 0.326 e. The van der Waals surface area contributed by atoms with E-state index in [2.05, 4.69) is 27.4 Å². The van der Waals surface area contributed by atoms with Crippen molar-refractivity contribution in [3.63, 3.8) is 0 Å². The highest BCUT2D eigenvalue weighted by molar-refractivity contribution is 7.99. The molecule has 0 aliphatic rings. The Bertz CT molecular complexity index is 866. The number of benzene rings is 2. The third kappa shape index (κ3) is 4.92. The second kappa shape index (κ2) is 8.63. The SMILES string of the molecule is Cc1ccnc(-c2ccc(NC(=O)C(C)CSc3ccccc3)cc2)n1. The molecule has 1 amide bonds. The maximum Gasteiger partial charge on any atom is 0.228 e. The maximum absolute atomic E-state index is 12.4. The van der Waals surface area contributed by atoms with Crippen LogP contribution >= 0.6 is 11.8 Å². The standard InChI is InChI=1S/C21H21N3OS/c1-15(14-26-19-6-4-3-5-7-19)21(25)24-18-10-8-17(9-11-18)20-22-13-12-16(2)23-20/h3-13,15H,14H2,1-2H3,(H,24,25). The van der Waals surface area contributed by atoms with Gasteiger partial charge in [-0.1, -0.05) is 25.1 Å². The zero-order chi connectivity index (χ0) is 18.4. The lowest BCUT2D eigenvalue weighted by atomic mass is 10.1. The molecule has 0 radical (unpaired) electrons. The second-order valence-electron chi connectivity index (χ2n) is 6.11. The topological polar surface area (TPSA) is 54.9 Å². The van der Waals surface area contributed by atoms with Gasteiger partial charge in [0.05, 0.1) is 0 Å². The molecule has 1 unspecified atom stereocenters. The summed E-state index contributed by atoms with van der Waals surface area (Å²) in [7, 11) is 0. The van der Waals surface area contributed by atoms with Crippen LogP contribution in [-0.4, -0.2) is 21.6 Å². The number of aromatic nitrogens is 2. The Labute approximate surface area is 158 Å². The molecular formula is C21H21N3OS. The minimum atomic E-state index is -0.0833. The van der Waals surface area contributed by atoms with Gasteiger partial charge >= 0.3 is 0 Å². The summed E-state index contributed by atoms with van der Waals surface area (Å²) in [6.45, 7) is 3.88. The summed E-state index contributed by atoms with van der Waals surface area (Å²) < 4.78 is 0. The Balaban J connectivity index is 1.57. The highest BCUT2D eigenvalue weighted by Crippen LogP contribution is 2.22. The van der Waals surface area contributed by atoms with E-state index in [0.29, 0.717) is 5.82 Å². The fourth-order valence-electron chi connectivity index (χ4n) is 2.37. The number of carbonyl (C=O) groups is 1. The van der Waals surface area contributed by atoms with Gasteiger partial charge in [0.15, 0.2) is 5.82 Å². The van der Waals surface area contributed by atoms with Gasteiger partial charge < -0.3 is 5.32 Å². The molecule has 1 N–H and O–H groups in total. The Hall–Kier alpha value is -2.66. The zero-order valence-electron chi connectivity index (χ0n) is 14.8. The fraction of sp³-hybridized carbons (Fsp3) is 0.190. The third-order valence-electron chi connectivity index (χ3n) is 3.90. The van der Waals surface area contributed by atoms with E-state index in [-0.39, 0.29) is 11.8 Å². The van der Waals surface area contributed by atoms with Crippen LogP contribution in [-0.2, 0) is 4.79 Å². The summed E-state index contributed by atoms with van der Waals surface area (Å²) in [5.41, 5.74) is 2.64. The number of anilines is 1. The average Bonchev–Trinajstić information content (AvgIpc) is 2.67. The van der Waals surface area contributed by atoms with Gasteiger partial charge in [-0.3, -0.25) is 4.79 Å². The van der Waals surface area contributed by atoms with Crippen LogP contribution in [0.15, 0.2) is 71.8 Å². The number of amides is 1. The first-order valence-electron chi connectivity index (χ1n) is 8.50. The van der Waals surface area contributed by atoms with E-state index in [1.165, 1.54) is 4.90 Å². The molecule has 0 aliphatic heterocycles. The summed E-state index contributed by atoms with van der Waals surface area (Å²) in [4.78, 5) is 22.3. The summed E-state index contributed by atoms with van der Waals surface area (Å²) >= 11 is 1.69. The third-order valence-corrected chi connectivity index (χ3v) is 5.17. The van der Waals surface area contributed by atoms with Gasteiger partial charge in [-0.15, -0.1) is 11.8 Å². The average molecular weight is 363 g/mol. The van der Waals surface area contributed by atoms with Crippen molar-refractivity contribution in [3.05, 3.63) is 72.6 Å². The smallest absolute Gasteiger partial charge is 0.228 e. The van der Waals surface area contributed by atoms with Gasteiger partial charge in [-0.05, 0) is 49.4 Å². The molecule has 1 atom stereocenters. The van der Waals surface area contributed by atoms with Crippen molar-refractivity contribution in [3.8, 4) is 11.4 Å². The normalized spacial score (nSPS) is 11.8. The van der Waals surface area contributed by atoms with Crippen molar-refractivity contribution in [2.75, 3.05) is 11.1 Å². The number of nitrogens with one attached hydrogen (secondary N) is 1. The quantitative estimate of drug-likeness (QED) is 0.638. The highest BCUT2D eigenvalue weighted by atomic mass is 32.2. The summed E-state index contributed by atoms with van der Waals surface area (Å²) in [6.07, 6.45) is 1.75. The predicted octanol–water partition coefficient (Wildman–Crippen LogP) is 4.82. The first kappa shape index (κ1) is 18.1. The summed E-state index contributed by atoms with van der Waals surface area (Å²) in [5.74, 6) is 1.37. The number of carbonyl (C=O) groups excluding carboxylic acids is 1. The first-order chi connectivity index (χ1) is 12.6. The molecule has 4 nitrogen and oxygen atoms in total. The lowest BCUT2D eigenvalue weighted by Gasteiger charge is -2.12. The van der Waals surface area contributed by atoms with Crippen LogP contribution in [0.4, 0.5) is 5.69 Å². The van der Waals surface area contributed by atoms with E-state index in [1.54, 1.807) is 18.0 Å². The van der Waals surface area contributed by atoms with Gasteiger partial charge in [-0.2, -0.15) is 0 Å². The van der Waals surface area contributed by atoms with Crippen LogP contribution in [0.5, 0.6) is 0 Å². The van der Waals surface area contributed by atoms with E-state index in [1.807, 2.05) is 62.4 Å². The zero-order valence-corrected chi connectivity index (χ0v) is 15.7. The molecular weight excluding hydrogens is 342 g/mol. The van der Waals surface area contributed by atoms with Crippen LogP contribution in [0.25, 0.3) is 11.4 Å². The van der Waals surface area contributed by atoms with Gasteiger partial charge in [0, 0.05) is 39.7 Å². The van der Waals surface area contributed by atoms with Gasteiger partial charge in [0.25, 0.3) is 0 Å². The first-order valence-corrected chi connectivity index (χ1v) is 9.49. The van der Waals surface area contributed by atoms with E-state index in [0.717, 1.165) is 22.7 Å². The Morgan fingerprint density at radius 3 is 2.50 bits per heavy atom. The number of aryl methyl sites for hydroxylation is 1. The number of hydrogen-bond donors (Lipinski definition) is 1. The Morgan fingerprint density at radius 1 is 1.08 bits per heavy atom. The van der Waals surface area contributed by atoms with Crippen LogP contribution in [0.3, 0.4) is 0 Å². The van der Waals surface area contributed by atoms with Crippen molar-refractivity contribution >= 4 is 23.4 Å². The van der Waals surface area contributed by atoms with Crippen molar-refractivity contribution in [1.29, 1.82) is 0 Å². The molecule has 2 aromatic carbocycles. The van der Waals surface area contributed by atoms with Gasteiger partial charge in [0.1, 0.15) is 0 Å². The summed E-state index contributed by atoms with van der Waals surface area (Å²) in [6, 6.07) is 19.6. The molecule has 5 heteroatoms. The Morgan fingerprint density at radius 2 is 1.81 bits per heavy atom. The Kier molecular flexibility index (Phi) is 6.02. The molecule has 26 heavy (non-hydrogen) atoms. The molecule has 0 aliphatic carbocycles. The van der Waals surface area contributed by atoms with Crippen molar-refractivity contribution < 1.29 is 4.79 Å². The maximum atomic E-state index is 12.4. The molecule has 0 saturated heterocycles. The monoisotopic (exact) mass is 363 g/mol. The lowest BCUT2D eigenvalue weighted by Crippen LogP contribution is -2.22. The molecule has 1 aromatic heterocycles. The van der Waals surface area contributed by atoms with E-state index >= 15 is 0 Å². The molecule has 0 spiro atoms. The number of thioether (sulfide) groups is 1. The molecule has 3 aromatic rings. The second-order valence-corrected chi connectivity index (χ2v) is 7.21. The summed E-state index contributed by atoms with van der Waals surface area (Å²) in [5, 5.41) is 2.97. The van der Waals surface area contributed by atoms with Crippen LogP contribution in [0.2, 0.25) is 0 Å². The van der Waals surface area contributed by atoms with Crippen molar-refractivity contribution in [2.24, 2.45) is 5.92 Å². The van der Waals surface area contributed by atoms with E-state index in [9.17, 15) is 4.79 Å². The molecule has 1 heterocycles. The van der Waals surface area contributed by atoms with Crippen molar-refractivity contribution in [1.82, 2.24) is 9.97 Å². The van der Waals surface area contributed by atoms with Gasteiger partial charge in [0.2, 0.25) is 5.91 Å². The number of hydrogen-bond acceptors (Lipinski definition) is 4. The molecule has 3 rings (SSSR count). The minimum absolute atomic E-state index is 0.0213. The number of nitrogens with zero attached hydrogens (tertiary/aromatic N) is 2. The van der Waals surface area contributed by atoms with Crippen LogP contribution in [0, 0.1) is 12.8 Å². The molecule has 132 valence electrons. The predicted molar refractivity (Wildman–Crippen MR) is 107 cm³/mol. The minimum Gasteiger partial charge on any atom is -0.326 e. The highest BCUT2D eigenvalue weighted by Gasteiger charge is 2.13. The number of rotatable bonds is 6. The van der Waals surface area contributed by atoms with Crippen LogP contribution < -0.4 is 5.32 Å².